The Balaban J connectivity index is 2.56. The zero-order valence-electron chi connectivity index (χ0n) is 21.9. The maximum absolute atomic E-state index is 13.8. The second-order valence-corrected chi connectivity index (χ2v) is 10.4. The molecule has 37 heavy (non-hydrogen) atoms. The quantitative estimate of drug-likeness (QED) is 0.315. The van der Waals surface area contributed by atoms with Gasteiger partial charge in [-0.25, -0.2) is 4.79 Å². The van der Waals surface area contributed by atoms with Crippen molar-refractivity contribution >= 4 is 47.8 Å². The van der Waals surface area contributed by atoms with Gasteiger partial charge in [0.25, 0.3) is 5.91 Å². The van der Waals surface area contributed by atoms with Crippen LogP contribution in [-0.4, -0.2) is 46.7 Å². The van der Waals surface area contributed by atoms with Crippen molar-refractivity contribution in [1.82, 2.24) is 10.2 Å². The lowest BCUT2D eigenvalue weighted by Gasteiger charge is -2.33. The molecule has 8 nitrogen and oxygen atoms in total. The number of anilines is 1. The Morgan fingerprint density at radius 2 is 1.73 bits per heavy atom. The van der Waals surface area contributed by atoms with Gasteiger partial charge in [-0.05, 0) is 69.9 Å². The zero-order chi connectivity index (χ0) is 27.9. The summed E-state index contributed by atoms with van der Waals surface area (Å²) in [7, 11) is 0. The molecule has 2 atom stereocenters. The first-order chi connectivity index (χ1) is 17.3. The second-order valence-electron chi connectivity index (χ2n) is 9.62. The molecule has 0 aliphatic heterocycles. The third-order valence-electron chi connectivity index (χ3n) is 5.67. The second kappa shape index (κ2) is 12.8. The summed E-state index contributed by atoms with van der Waals surface area (Å²) >= 11 is 10.6. The van der Waals surface area contributed by atoms with Crippen LogP contribution in [-0.2, 0) is 14.3 Å². The molecule has 198 valence electrons. The lowest BCUT2D eigenvalue weighted by Crippen LogP contribution is -2.53. The van der Waals surface area contributed by atoms with Crippen molar-refractivity contribution in [2.75, 3.05) is 17.6 Å². The zero-order valence-corrected chi connectivity index (χ0v) is 23.5. The van der Waals surface area contributed by atoms with E-state index in [1.807, 2.05) is 26.0 Å². The van der Waals surface area contributed by atoms with E-state index in [0.717, 1.165) is 21.6 Å². The van der Waals surface area contributed by atoms with Gasteiger partial charge in [-0.3, -0.25) is 9.59 Å². The SMILES string of the molecule is Cc1cccc(C(C(=O)Nc2c(C)cccc2Cl)N(CC#N)C(=O)C(CS)NC(=O)OC(C)(C)C)c1C. The van der Waals surface area contributed by atoms with Crippen LogP contribution in [0.4, 0.5) is 10.5 Å². The van der Waals surface area contributed by atoms with Crippen molar-refractivity contribution in [1.29, 1.82) is 5.26 Å². The molecule has 2 rings (SSSR count). The van der Waals surface area contributed by atoms with Gasteiger partial charge in [0.2, 0.25) is 5.91 Å². The maximum atomic E-state index is 13.8. The van der Waals surface area contributed by atoms with E-state index in [4.69, 9.17) is 16.3 Å². The van der Waals surface area contributed by atoms with Crippen LogP contribution in [0.5, 0.6) is 0 Å². The van der Waals surface area contributed by atoms with E-state index >= 15 is 0 Å². The average Bonchev–Trinajstić information content (AvgIpc) is 2.80. The molecule has 2 aromatic rings. The van der Waals surface area contributed by atoms with Crippen molar-refractivity contribution < 1.29 is 19.1 Å². The van der Waals surface area contributed by atoms with Crippen LogP contribution in [0.15, 0.2) is 36.4 Å². The van der Waals surface area contributed by atoms with Gasteiger partial charge in [0.05, 0.1) is 16.8 Å². The number of aryl methyl sites for hydroxylation is 2. The first-order valence-corrected chi connectivity index (χ1v) is 12.7. The van der Waals surface area contributed by atoms with Gasteiger partial charge >= 0.3 is 6.09 Å². The average molecular weight is 545 g/mol. The Bertz CT molecular complexity index is 1190. The molecule has 0 saturated heterocycles. The Morgan fingerprint density at radius 1 is 1.11 bits per heavy atom. The fraction of sp³-hybridized carbons (Fsp3) is 0.407. The number of carbonyl (C=O) groups excluding carboxylic acids is 3. The molecular formula is C27H33ClN4O4S. The monoisotopic (exact) mass is 544 g/mol. The first-order valence-electron chi connectivity index (χ1n) is 11.7. The van der Waals surface area contributed by atoms with E-state index in [2.05, 4.69) is 23.3 Å². The third kappa shape index (κ3) is 7.88. The van der Waals surface area contributed by atoms with E-state index in [0.29, 0.717) is 16.3 Å². The Hall–Kier alpha value is -3.22. The largest absolute Gasteiger partial charge is 0.444 e. The van der Waals surface area contributed by atoms with E-state index in [1.165, 1.54) is 0 Å². The fourth-order valence-electron chi connectivity index (χ4n) is 3.71. The number of hydrogen-bond donors (Lipinski definition) is 3. The van der Waals surface area contributed by atoms with Gasteiger partial charge in [0.1, 0.15) is 24.2 Å². The lowest BCUT2D eigenvalue weighted by atomic mass is 9.95. The summed E-state index contributed by atoms with van der Waals surface area (Å²) in [5.41, 5.74) is 2.60. The highest BCUT2D eigenvalue weighted by Crippen LogP contribution is 2.31. The van der Waals surface area contributed by atoms with Gasteiger partial charge in [-0.2, -0.15) is 17.9 Å². The van der Waals surface area contributed by atoms with Crippen LogP contribution in [0.2, 0.25) is 5.02 Å². The highest BCUT2D eigenvalue weighted by molar-refractivity contribution is 7.80. The smallest absolute Gasteiger partial charge is 0.408 e. The van der Waals surface area contributed by atoms with Crippen LogP contribution in [0.3, 0.4) is 0 Å². The molecule has 10 heteroatoms. The summed E-state index contributed by atoms with van der Waals surface area (Å²) in [6, 6.07) is 10.3. The predicted octanol–water partition coefficient (Wildman–Crippen LogP) is 5.12. The minimum absolute atomic E-state index is 0.0786. The first kappa shape index (κ1) is 30.0. The molecule has 0 saturated carbocycles. The van der Waals surface area contributed by atoms with Gasteiger partial charge < -0.3 is 20.3 Å². The fourth-order valence-corrected chi connectivity index (χ4v) is 4.23. The molecule has 0 fully saturated rings. The minimum Gasteiger partial charge on any atom is -0.444 e. The number of benzene rings is 2. The Labute approximate surface area is 228 Å². The molecule has 2 unspecified atom stereocenters. The normalized spacial score (nSPS) is 12.6. The van der Waals surface area contributed by atoms with Crippen LogP contribution >= 0.6 is 24.2 Å². The maximum Gasteiger partial charge on any atom is 0.408 e. The molecule has 0 aliphatic rings. The molecular weight excluding hydrogens is 512 g/mol. The molecule has 0 bridgehead atoms. The topological polar surface area (TPSA) is 112 Å². The summed E-state index contributed by atoms with van der Waals surface area (Å²) in [4.78, 5) is 41.1. The highest BCUT2D eigenvalue weighted by atomic mass is 35.5. The predicted molar refractivity (Wildman–Crippen MR) is 148 cm³/mol. The van der Waals surface area contributed by atoms with Crippen LogP contribution in [0.1, 0.15) is 49.1 Å². The summed E-state index contributed by atoms with van der Waals surface area (Å²) in [5.74, 6) is -1.28. The van der Waals surface area contributed by atoms with Crippen molar-refractivity contribution in [3.8, 4) is 6.07 Å². The summed E-state index contributed by atoms with van der Waals surface area (Å²) in [5, 5.41) is 15.3. The molecule has 0 spiro atoms. The molecule has 2 N–H and O–H groups in total. The third-order valence-corrected chi connectivity index (χ3v) is 6.35. The van der Waals surface area contributed by atoms with E-state index in [1.54, 1.807) is 58.0 Å². The number of halogens is 1. The van der Waals surface area contributed by atoms with Crippen molar-refractivity contribution in [2.45, 2.75) is 59.2 Å². The number of nitrogens with zero attached hydrogens (tertiary/aromatic N) is 2. The van der Waals surface area contributed by atoms with Crippen molar-refractivity contribution in [3.63, 3.8) is 0 Å². The number of nitrogens with one attached hydrogen (secondary N) is 2. The molecule has 0 aliphatic carbocycles. The number of alkyl carbamates (subject to hydrolysis) is 1. The molecule has 0 heterocycles. The molecule has 2 aromatic carbocycles. The number of carbonyl (C=O) groups is 3. The summed E-state index contributed by atoms with van der Waals surface area (Å²) < 4.78 is 5.28. The van der Waals surface area contributed by atoms with Crippen LogP contribution in [0, 0.1) is 32.1 Å². The minimum atomic E-state index is -1.19. The van der Waals surface area contributed by atoms with Crippen molar-refractivity contribution in [2.24, 2.45) is 0 Å². The molecule has 3 amide bonds. The number of thiol groups is 1. The van der Waals surface area contributed by atoms with Crippen molar-refractivity contribution in [3.05, 3.63) is 63.7 Å². The van der Waals surface area contributed by atoms with E-state index in [-0.39, 0.29) is 5.75 Å². The van der Waals surface area contributed by atoms with Gasteiger partial charge in [0.15, 0.2) is 0 Å². The molecule has 0 aromatic heterocycles. The number of ether oxygens (including phenoxy) is 1. The van der Waals surface area contributed by atoms with Crippen LogP contribution in [0.25, 0.3) is 0 Å². The lowest BCUT2D eigenvalue weighted by molar-refractivity contribution is -0.139. The Morgan fingerprint density at radius 3 is 2.30 bits per heavy atom. The highest BCUT2D eigenvalue weighted by Gasteiger charge is 2.37. The number of nitriles is 1. The number of amides is 3. The van der Waals surface area contributed by atoms with Gasteiger partial charge in [-0.1, -0.05) is 41.9 Å². The number of rotatable bonds is 8. The standard InChI is InChI=1S/C27H33ClN4O4S/c1-16-9-7-11-19(18(16)3)23(24(33)31-22-17(2)10-8-12-20(22)28)32(14-13-29)25(34)21(15-37)30-26(35)36-27(4,5)6/h7-12,21,23,37H,14-15H2,1-6H3,(H,30,35)(H,31,33). The summed E-state index contributed by atoms with van der Waals surface area (Å²) in [6.45, 7) is 10.2. The molecule has 0 radical (unpaired) electrons. The van der Waals surface area contributed by atoms with Gasteiger partial charge in [0, 0.05) is 5.75 Å². The Kier molecular flexibility index (Phi) is 10.4. The number of hydrogen-bond acceptors (Lipinski definition) is 6. The van der Waals surface area contributed by atoms with Crippen LogP contribution < -0.4 is 10.6 Å². The number of para-hydroxylation sites is 1. The van der Waals surface area contributed by atoms with E-state index < -0.39 is 42.1 Å². The van der Waals surface area contributed by atoms with Gasteiger partial charge in [-0.15, -0.1) is 0 Å². The van der Waals surface area contributed by atoms with E-state index in [9.17, 15) is 19.6 Å². The summed E-state index contributed by atoms with van der Waals surface area (Å²) in [6.07, 6.45) is -0.809.